The number of carbonyl (C=O) groups excluding carboxylic acids is 1. The van der Waals surface area contributed by atoms with Gasteiger partial charge in [-0.25, -0.2) is 8.42 Å². The van der Waals surface area contributed by atoms with Crippen LogP contribution < -0.4 is 18.7 Å². The van der Waals surface area contributed by atoms with E-state index in [2.05, 4.69) is 4.90 Å². The van der Waals surface area contributed by atoms with Crippen LogP contribution in [-0.2, 0) is 14.8 Å². The van der Waals surface area contributed by atoms with E-state index in [1.807, 2.05) is 37.3 Å². The molecule has 2 aliphatic heterocycles. The van der Waals surface area contributed by atoms with Gasteiger partial charge in [0, 0.05) is 31.9 Å². The summed E-state index contributed by atoms with van der Waals surface area (Å²) in [5.41, 5.74) is 2.49. The largest absolute Gasteiger partial charge is 0.497 e. The van der Waals surface area contributed by atoms with Crippen LogP contribution in [0.15, 0.2) is 42.5 Å². The van der Waals surface area contributed by atoms with Gasteiger partial charge in [0.2, 0.25) is 10.0 Å². The zero-order chi connectivity index (χ0) is 22.2. The normalized spacial score (nSPS) is 18.9. The molecule has 9 heteroatoms. The Morgan fingerprint density at radius 3 is 2.35 bits per heavy atom. The quantitative estimate of drug-likeness (QED) is 0.715. The lowest BCUT2D eigenvalue weighted by Gasteiger charge is -2.40. The molecule has 0 spiro atoms. The van der Waals surface area contributed by atoms with Crippen LogP contribution in [0.2, 0.25) is 0 Å². The van der Waals surface area contributed by atoms with E-state index in [0.29, 0.717) is 37.6 Å². The van der Waals surface area contributed by atoms with E-state index < -0.39 is 16.1 Å². The number of ether oxygens (including phenoxy) is 2. The van der Waals surface area contributed by atoms with Gasteiger partial charge in [0.05, 0.1) is 25.6 Å². The van der Waals surface area contributed by atoms with Crippen LogP contribution in [0.4, 0.5) is 11.4 Å². The number of rotatable bonds is 4. The topological polar surface area (TPSA) is 79.4 Å². The first-order valence-electron chi connectivity index (χ1n) is 10.2. The minimum absolute atomic E-state index is 0.0210. The second-order valence-corrected chi connectivity index (χ2v) is 9.79. The highest BCUT2D eigenvalue weighted by Gasteiger charge is 2.37. The summed E-state index contributed by atoms with van der Waals surface area (Å²) in [6.45, 7) is 4.34. The van der Waals surface area contributed by atoms with Gasteiger partial charge < -0.3 is 19.3 Å². The van der Waals surface area contributed by atoms with Gasteiger partial charge >= 0.3 is 0 Å². The molecule has 2 heterocycles. The lowest BCUT2D eigenvalue weighted by Crippen LogP contribution is -2.56. The van der Waals surface area contributed by atoms with Crippen molar-refractivity contribution in [3.05, 3.63) is 48.0 Å². The fourth-order valence-corrected chi connectivity index (χ4v) is 4.89. The number of hydrogen-bond acceptors (Lipinski definition) is 6. The first-order chi connectivity index (χ1) is 14.8. The summed E-state index contributed by atoms with van der Waals surface area (Å²) in [4.78, 5) is 17.1. The zero-order valence-corrected chi connectivity index (χ0v) is 18.8. The van der Waals surface area contributed by atoms with E-state index in [1.165, 1.54) is 4.31 Å². The Morgan fingerprint density at radius 2 is 1.74 bits per heavy atom. The van der Waals surface area contributed by atoms with Crippen LogP contribution in [0.1, 0.15) is 5.56 Å². The summed E-state index contributed by atoms with van der Waals surface area (Å²) >= 11 is 0. The third kappa shape index (κ3) is 4.41. The van der Waals surface area contributed by atoms with Crippen LogP contribution in [0.5, 0.6) is 11.5 Å². The van der Waals surface area contributed by atoms with Gasteiger partial charge in [-0.2, -0.15) is 0 Å². The maximum Gasteiger partial charge on any atom is 0.265 e. The number of benzene rings is 2. The van der Waals surface area contributed by atoms with Crippen LogP contribution in [0, 0.1) is 6.92 Å². The first kappa shape index (κ1) is 21.3. The van der Waals surface area contributed by atoms with Gasteiger partial charge in [-0.3, -0.25) is 9.10 Å². The number of carbonyl (C=O) groups is 1. The summed E-state index contributed by atoms with van der Waals surface area (Å²) in [5.74, 6) is 1.03. The van der Waals surface area contributed by atoms with Gasteiger partial charge in [-0.05, 0) is 48.9 Å². The average Bonchev–Trinajstić information content (AvgIpc) is 2.77. The monoisotopic (exact) mass is 445 g/mol. The Bertz CT molecular complexity index is 1060. The third-order valence-corrected chi connectivity index (χ3v) is 6.84. The van der Waals surface area contributed by atoms with Crippen LogP contribution in [-0.4, -0.2) is 71.4 Å². The average molecular weight is 446 g/mol. The fraction of sp³-hybridized carbons (Fsp3) is 0.409. The van der Waals surface area contributed by atoms with E-state index >= 15 is 0 Å². The standard InChI is InChI=1S/C22H27N3O5S/c1-16-4-9-20-19(14-16)25(31(3,27)28)15-21(30-20)22(26)24-12-10-23(11-13-24)17-5-7-18(29-2)8-6-17/h4-9,14,21H,10-13,15H2,1-3H3. The van der Waals surface area contributed by atoms with E-state index in [1.54, 1.807) is 24.1 Å². The van der Waals surface area contributed by atoms with Gasteiger partial charge in [0.15, 0.2) is 6.10 Å². The van der Waals surface area contributed by atoms with Gasteiger partial charge in [-0.15, -0.1) is 0 Å². The summed E-state index contributed by atoms with van der Waals surface area (Å²) in [7, 11) is -1.90. The highest BCUT2D eigenvalue weighted by molar-refractivity contribution is 7.92. The van der Waals surface area contributed by atoms with E-state index in [9.17, 15) is 13.2 Å². The Kier molecular flexibility index (Phi) is 5.70. The van der Waals surface area contributed by atoms with Crippen molar-refractivity contribution >= 4 is 27.3 Å². The molecule has 0 saturated carbocycles. The Balaban J connectivity index is 1.45. The molecule has 1 unspecified atom stereocenters. The number of methoxy groups -OCH3 is 1. The second-order valence-electron chi connectivity index (χ2n) is 7.88. The summed E-state index contributed by atoms with van der Waals surface area (Å²) in [6, 6.07) is 13.2. The molecule has 0 bridgehead atoms. The van der Waals surface area contributed by atoms with Crippen LogP contribution in [0.25, 0.3) is 0 Å². The van der Waals surface area contributed by atoms with Gasteiger partial charge in [0.25, 0.3) is 5.91 Å². The highest BCUT2D eigenvalue weighted by atomic mass is 32.2. The molecule has 8 nitrogen and oxygen atoms in total. The molecular weight excluding hydrogens is 418 g/mol. The molecule has 0 N–H and O–H groups in total. The smallest absolute Gasteiger partial charge is 0.265 e. The van der Waals surface area contributed by atoms with Crippen molar-refractivity contribution in [2.45, 2.75) is 13.0 Å². The molecule has 31 heavy (non-hydrogen) atoms. The van der Waals surface area contributed by atoms with Gasteiger partial charge in [0.1, 0.15) is 11.5 Å². The van der Waals surface area contributed by atoms with Crippen molar-refractivity contribution in [3.8, 4) is 11.5 Å². The predicted molar refractivity (Wildman–Crippen MR) is 120 cm³/mol. The minimum Gasteiger partial charge on any atom is -0.497 e. The zero-order valence-electron chi connectivity index (χ0n) is 17.9. The van der Waals surface area contributed by atoms with Crippen LogP contribution >= 0.6 is 0 Å². The summed E-state index contributed by atoms with van der Waals surface area (Å²) in [5, 5.41) is 0. The van der Waals surface area contributed by atoms with Crippen molar-refractivity contribution in [1.82, 2.24) is 4.90 Å². The molecule has 1 fully saturated rings. The summed E-state index contributed by atoms with van der Waals surface area (Å²) < 4.78 is 37.2. The van der Waals surface area contributed by atoms with E-state index in [-0.39, 0.29) is 12.5 Å². The Hall–Kier alpha value is -2.94. The molecule has 1 saturated heterocycles. The molecule has 2 aliphatic rings. The number of amides is 1. The summed E-state index contributed by atoms with van der Waals surface area (Å²) in [6.07, 6.45) is 0.289. The fourth-order valence-electron chi connectivity index (χ4n) is 3.99. The van der Waals surface area contributed by atoms with Crippen LogP contribution in [0.3, 0.4) is 0 Å². The molecule has 0 aliphatic carbocycles. The molecular formula is C22H27N3O5S. The number of fused-ring (bicyclic) bond motifs is 1. The van der Waals surface area contributed by atoms with Crippen molar-refractivity contribution in [3.63, 3.8) is 0 Å². The minimum atomic E-state index is -3.54. The molecule has 2 aromatic carbocycles. The number of hydrogen-bond donors (Lipinski definition) is 0. The number of anilines is 2. The third-order valence-electron chi connectivity index (χ3n) is 5.69. The SMILES string of the molecule is COc1ccc(N2CCN(C(=O)C3CN(S(C)(=O)=O)c4cc(C)ccc4O3)CC2)cc1. The maximum absolute atomic E-state index is 13.2. The Labute approximate surface area is 183 Å². The molecule has 0 radical (unpaired) electrons. The van der Waals surface area contributed by atoms with Crippen molar-refractivity contribution in [1.29, 1.82) is 0 Å². The van der Waals surface area contributed by atoms with Crippen molar-refractivity contribution < 1.29 is 22.7 Å². The van der Waals surface area contributed by atoms with Crippen molar-refractivity contribution in [2.75, 3.05) is 55.3 Å². The molecule has 166 valence electrons. The molecule has 1 amide bonds. The molecule has 4 rings (SSSR count). The lowest BCUT2D eigenvalue weighted by molar-refractivity contribution is -0.138. The molecule has 1 atom stereocenters. The molecule has 0 aromatic heterocycles. The maximum atomic E-state index is 13.2. The first-order valence-corrected chi connectivity index (χ1v) is 12.0. The predicted octanol–water partition coefficient (Wildman–Crippen LogP) is 1.88. The molecule has 2 aromatic rings. The van der Waals surface area contributed by atoms with E-state index in [0.717, 1.165) is 23.3 Å². The number of piperazine rings is 1. The lowest BCUT2D eigenvalue weighted by atomic mass is 10.1. The van der Waals surface area contributed by atoms with Crippen molar-refractivity contribution in [2.24, 2.45) is 0 Å². The van der Waals surface area contributed by atoms with Gasteiger partial charge in [-0.1, -0.05) is 6.07 Å². The number of aryl methyl sites for hydroxylation is 1. The number of nitrogens with zero attached hydrogens (tertiary/aromatic N) is 3. The second kappa shape index (κ2) is 8.30. The highest BCUT2D eigenvalue weighted by Crippen LogP contribution is 2.36. The number of sulfonamides is 1. The van der Waals surface area contributed by atoms with E-state index in [4.69, 9.17) is 9.47 Å². The Morgan fingerprint density at radius 1 is 1.06 bits per heavy atom.